The van der Waals surface area contributed by atoms with Gasteiger partial charge in [-0.1, -0.05) is 36.4 Å². The van der Waals surface area contributed by atoms with Gasteiger partial charge >= 0.3 is 0 Å². The fraction of sp³-hybridized carbons (Fsp3) is 0.261. The van der Waals surface area contributed by atoms with Crippen LogP contribution < -0.4 is 5.32 Å². The van der Waals surface area contributed by atoms with Crippen molar-refractivity contribution in [3.05, 3.63) is 88.4 Å². The first-order chi connectivity index (χ1) is 14.9. The zero-order valence-corrected chi connectivity index (χ0v) is 18.4. The molecule has 0 aliphatic carbocycles. The summed E-state index contributed by atoms with van der Waals surface area (Å²) < 4.78 is 40.1. The van der Waals surface area contributed by atoms with E-state index >= 15 is 0 Å². The van der Waals surface area contributed by atoms with Crippen LogP contribution in [0.2, 0.25) is 0 Å². The number of nitrogens with zero attached hydrogens (tertiary/aromatic N) is 1. The lowest BCUT2D eigenvalue weighted by Crippen LogP contribution is -2.43. The summed E-state index contributed by atoms with van der Waals surface area (Å²) in [6.07, 6.45) is 0.885. The van der Waals surface area contributed by atoms with Crippen LogP contribution in [0, 0.1) is 11.7 Å². The topological polar surface area (TPSA) is 66.5 Å². The van der Waals surface area contributed by atoms with Crippen molar-refractivity contribution >= 4 is 27.3 Å². The number of halogens is 1. The summed E-state index contributed by atoms with van der Waals surface area (Å²) in [4.78, 5) is 14.1. The van der Waals surface area contributed by atoms with Gasteiger partial charge in [0.15, 0.2) is 0 Å². The summed E-state index contributed by atoms with van der Waals surface area (Å²) in [5, 5.41) is 5.14. The van der Waals surface area contributed by atoms with E-state index in [1.807, 2.05) is 47.8 Å². The molecule has 0 bridgehead atoms. The Morgan fingerprint density at radius 3 is 2.29 bits per heavy atom. The monoisotopic (exact) mass is 458 g/mol. The van der Waals surface area contributed by atoms with Crippen molar-refractivity contribution in [1.29, 1.82) is 0 Å². The van der Waals surface area contributed by atoms with E-state index < -0.39 is 15.8 Å². The predicted molar refractivity (Wildman–Crippen MR) is 119 cm³/mol. The second-order valence-electron chi connectivity index (χ2n) is 7.50. The van der Waals surface area contributed by atoms with E-state index in [1.165, 1.54) is 16.4 Å². The number of benzene rings is 2. The van der Waals surface area contributed by atoms with Gasteiger partial charge in [0.25, 0.3) is 0 Å². The lowest BCUT2D eigenvalue weighted by atomic mass is 9.96. The molecule has 4 rings (SSSR count). The van der Waals surface area contributed by atoms with Crippen LogP contribution in [0.15, 0.2) is 77.0 Å². The molecule has 1 amide bonds. The van der Waals surface area contributed by atoms with Crippen LogP contribution in [0.3, 0.4) is 0 Å². The van der Waals surface area contributed by atoms with Gasteiger partial charge in [-0.25, -0.2) is 12.8 Å². The summed E-state index contributed by atoms with van der Waals surface area (Å²) in [6.45, 7) is 0.513. The van der Waals surface area contributed by atoms with Gasteiger partial charge in [-0.15, -0.1) is 11.3 Å². The second kappa shape index (κ2) is 9.30. The third-order valence-corrected chi connectivity index (χ3v) is 8.37. The third-order valence-electron chi connectivity index (χ3n) is 5.52. The number of amides is 1. The van der Waals surface area contributed by atoms with Gasteiger partial charge in [0.05, 0.1) is 10.9 Å². The van der Waals surface area contributed by atoms with Gasteiger partial charge in [-0.05, 0) is 54.1 Å². The highest BCUT2D eigenvalue weighted by molar-refractivity contribution is 7.89. The number of hydrogen-bond donors (Lipinski definition) is 1. The van der Waals surface area contributed by atoms with Crippen LogP contribution in [-0.4, -0.2) is 31.7 Å². The summed E-state index contributed by atoms with van der Waals surface area (Å²) in [7, 11) is -3.69. The van der Waals surface area contributed by atoms with E-state index in [2.05, 4.69) is 5.32 Å². The predicted octanol–water partition coefficient (Wildman–Crippen LogP) is 4.19. The quantitative estimate of drug-likeness (QED) is 0.602. The minimum Gasteiger partial charge on any atom is -0.344 e. The van der Waals surface area contributed by atoms with Crippen LogP contribution in [0.25, 0.3) is 0 Å². The maximum Gasteiger partial charge on any atom is 0.243 e. The van der Waals surface area contributed by atoms with E-state index in [4.69, 9.17) is 0 Å². The standard InChI is InChI=1S/C23H23FN2O3S2/c24-19-8-10-20(11-9-19)31(28,29)26-14-12-18(13-15-26)23(27)25-22(21-7-4-16-30-21)17-5-2-1-3-6-17/h1-11,16,18,22H,12-15H2,(H,25,27)/t22-/m0/s1. The minimum atomic E-state index is -3.69. The van der Waals surface area contributed by atoms with Crippen LogP contribution >= 0.6 is 11.3 Å². The molecule has 0 spiro atoms. The Bertz CT molecular complexity index is 1110. The first-order valence-electron chi connectivity index (χ1n) is 10.1. The number of carbonyl (C=O) groups is 1. The fourth-order valence-corrected chi connectivity index (χ4v) is 6.07. The molecular weight excluding hydrogens is 435 g/mol. The van der Waals surface area contributed by atoms with Crippen molar-refractivity contribution < 1.29 is 17.6 Å². The van der Waals surface area contributed by atoms with E-state index in [9.17, 15) is 17.6 Å². The third kappa shape index (κ3) is 4.87. The Kier molecular flexibility index (Phi) is 6.50. The smallest absolute Gasteiger partial charge is 0.243 e. The number of carbonyl (C=O) groups excluding carboxylic acids is 1. The van der Waals surface area contributed by atoms with E-state index in [0.717, 1.165) is 22.6 Å². The van der Waals surface area contributed by atoms with E-state index in [-0.39, 0.29) is 35.9 Å². The number of hydrogen-bond acceptors (Lipinski definition) is 4. The summed E-state index contributed by atoms with van der Waals surface area (Å²) in [6, 6.07) is 18.4. The van der Waals surface area contributed by atoms with E-state index in [1.54, 1.807) is 11.3 Å². The summed E-state index contributed by atoms with van der Waals surface area (Å²) in [5.74, 6) is -0.806. The molecular formula is C23H23FN2O3S2. The number of piperidine rings is 1. The highest BCUT2D eigenvalue weighted by Gasteiger charge is 2.33. The minimum absolute atomic E-state index is 0.0682. The molecule has 8 heteroatoms. The van der Waals surface area contributed by atoms with E-state index in [0.29, 0.717) is 12.8 Å². The van der Waals surface area contributed by atoms with Crippen molar-refractivity contribution in [1.82, 2.24) is 9.62 Å². The van der Waals surface area contributed by atoms with Crippen molar-refractivity contribution in [3.63, 3.8) is 0 Å². The fourth-order valence-electron chi connectivity index (χ4n) is 3.79. The molecule has 1 aromatic heterocycles. The molecule has 0 radical (unpaired) electrons. The Morgan fingerprint density at radius 2 is 1.68 bits per heavy atom. The lowest BCUT2D eigenvalue weighted by Gasteiger charge is -2.31. The normalized spacial score (nSPS) is 16.7. The highest BCUT2D eigenvalue weighted by atomic mass is 32.2. The molecule has 2 heterocycles. The molecule has 0 saturated carbocycles. The Balaban J connectivity index is 1.42. The molecule has 1 aliphatic heterocycles. The van der Waals surface area contributed by atoms with Crippen LogP contribution in [0.5, 0.6) is 0 Å². The Labute approximate surface area is 185 Å². The largest absolute Gasteiger partial charge is 0.344 e. The summed E-state index contributed by atoms with van der Waals surface area (Å²) in [5.41, 5.74) is 1.01. The molecule has 0 unspecified atom stereocenters. The number of nitrogens with one attached hydrogen (secondary N) is 1. The molecule has 1 aliphatic rings. The SMILES string of the molecule is O=C(N[C@@H](c1ccccc1)c1cccs1)C1CCN(S(=O)(=O)c2ccc(F)cc2)CC1. The van der Waals surface area contributed by atoms with Crippen molar-refractivity contribution in [3.8, 4) is 0 Å². The zero-order valence-electron chi connectivity index (χ0n) is 16.8. The van der Waals surface area contributed by atoms with Crippen molar-refractivity contribution in [2.45, 2.75) is 23.8 Å². The number of thiophene rings is 1. The van der Waals surface area contributed by atoms with Gasteiger partial charge in [0.2, 0.25) is 15.9 Å². The van der Waals surface area contributed by atoms with Crippen LogP contribution in [-0.2, 0) is 14.8 Å². The molecule has 1 saturated heterocycles. The Morgan fingerprint density at radius 1 is 1.00 bits per heavy atom. The number of rotatable bonds is 6. The van der Waals surface area contributed by atoms with Gasteiger partial charge < -0.3 is 5.32 Å². The van der Waals surface area contributed by atoms with Crippen LogP contribution in [0.4, 0.5) is 4.39 Å². The molecule has 31 heavy (non-hydrogen) atoms. The maximum atomic E-state index is 13.1. The van der Waals surface area contributed by atoms with Gasteiger partial charge in [0.1, 0.15) is 5.82 Å². The second-order valence-corrected chi connectivity index (χ2v) is 10.4. The van der Waals surface area contributed by atoms with Crippen LogP contribution in [0.1, 0.15) is 29.3 Å². The Hall–Kier alpha value is -2.55. The highest BCUT2D eigenvalue weighted by Crippen LogP contribution is 2.28. The van der Waals surface area contributed by atoms with Crippen molar-refractivity contribution in [2.24, 2.45) is 5.92 Å². The van der Waals surface area contributed by atoms with Gasteiger partial charge in [-0.3, -0.25) is 4.79 Å². The first-order valence-corrected chi connectivity index (χ1v) is 12.4. The summed E-state index contributed by atoms with van der Waals surface area (Å²) >= 11 is 1.59. The molecule has 3 aromatic rings. The molecule has 1 atom stereocenters. The average molecular weight is 459 g/mol. The molecule has 1 fully saturated rings. The maximum absolute atomic E-state index is 13.1. The molecule has 162 valence electrons. The molecule has 1 N–H and O–H groups in total. The van der Waals surface area contributed by atoms with Gasteiger partial charge in [-0.2, -0.15) is 4.31 Å². The molecule has 5 nitrogen and oxygen atoms in total. The van der Waals surface area contributed by atoms with Gasteiger partial charge in [0, 0.05) is 23.9 Å². The molecule has 2 aromatic carbocycles. The first kappa shape index (κ1) is 21.7. The van der Waals surface area contributed by atoms with Crippen molar-refractivity contribution in [2.75, 3.05) is 13.1 Å². The lowest BCUT2D eigenvalue weighted by molar-refractivity contribution is -0.126. The average Bonchev–Trinajstić information content (AvgIpc) is 3.33. The number of sulfonamides is 1. The zero-order chi connectivity index (χ0) is 21.8.